The highest BCUT2D eigenvalue weighted by molar-refractivity contribution is 6.05. The molecule has 140 valence electrons. The highest BCUT2D eigenvalue weighted by Crippen LogP contribution is 2.35. The predicted molar refractivity (Wildman–Crippen MR) is 99.5 cm³/mol. The van der Waals surface area contributed by atoms with Gasteiger partial charge in [0.15, 0.2) is 0 Å². The third-order valence-corrected chi connectivity index (χ3v) is 6.26. The number of aromatic nitrogens is 2. The molecule has 2 aromatic rings. The number of H-pyrrole nitrogens is 1. The third kappa shape index (κ3) is 2.88. The zero-order valence-electron chi connectivity index (χ0n) is 15.4. The van der Waals surface area contributed by atoms with Gasteiger partial charge >= 0.3 is 0 Å². The van der Waals surface area contributed by atoms with Crippen molar-refractivity contribution in [3.63, 3.8) is 0 Å². The molecule has 1 aromatic carbocycles. The van der Waals surface area contributed by atoms with Crippen LogP contribution in [0.25, 0.3) is 0 Å². The monoisotopic (exact) mass is 364 g/mol. The molecule has 2 aliphatic heterocycles. The number of rotatable bonds is 4. The van der Waals surface area contributed by atoms with Crippen LogP contribution < -0.4 is 0 Å². The Labute approximate surface area is 158 Å². The molecule has 3 heterocycles. The minimum absolute atomic E-state index is 0.0135. The van der Waals surface area contributed by atoms with Crippen molar-refractivity contribution in [2.75, 3.05) is 13.1 Å². The molecule has 27 heavy (non-hydrogen) atoms. The minimum atomic E-state index is -0.198. The molecule has 1 aliphatic carbocycles. The number of aromatic amines is 1. The molecular formula is C21H24N4O2. The normalized spacial score (nSPS) is 25.1. The zero-order valence-corrected chi connectivity index (χ0v) is 15.4. The zero-order chi connectivity index (χ0) is 18.4. The van der Waals surface area contributed by atoms with Crippen LogP contribution in [-0.2, 0) is 35.5 Å². The number of hydrogen-bond acceptors (Lipinski definition) is 4. The summed E-state index contributed by atoms with van der Waals surface area (Å²) in [4.78, 5) is 29.4. The van der Waals surface area contributed by atoms with E-state index in [-0.39, 0.29) is 23.7 Å². The van der Waals surface area contributed by atoms with Crippen molar-refractivity contribution in [3.8, 4) is 0 Å². The Morgan fingerprint density at radius 1 is 0.963 bits per heavy atom. The maximum Gasteiger partial charge on any atom is 0.234 e. The van der Waals surface area contributed by atoms with E-state index in [1.807, 2.05) is 30.3 Å². The standard InChI is InChI=1S/C21H24N4O2/c26-20-16-11-24(13-19-15-8-4-5-9-18(15)22-23-19)12-17(16)21(27)25(20)10-14-6-2-1-3-7-14/h1-3,6-7,16-17H,4-5,8-13H2,(H,22,23). The maximum atomic E-state index is 12.8. The van der Waals surface area contributed by atoms with Crippen LogP contribution in [0.15, 0.2) is 30.3 Å². The van der Waals surface area contributed by atoms with Crippen LogP contribution in [0.3, 0.4) is 0 Å². The average Bonchev–Trinajstić information content (AvgIpc) is 3.36. The van der Waals surface area contributed by atoms with Gasteiger partial charge in [-0.3, -0.25) is 24.5 Å². The molecule has 2 saturated heterocycles. The molecule has 2 unspecified atom stereocenters. The van der Waals surface area contributed by atoms with Gasteiger partial charge in [0.25, 0.3) is 0 Å². The van der Waals surface area contributed by atoms with E-state index >= 15 is 0 Å². The summed E-state index contributed by atoms with van der Waals surface area (Å²) in [5, 5.41) is 7.70. The van der Waals surface area contributed by atoms with Crippen molar-refractivity contribution in [2.45, 2.75) is 38.8 Å². The van der Waals surface area contributed by atoms with Crippen LogP contribution in [0.5, 0.6) is 0 Å². The third-order valence-electron chi connectivity index (χ3n) is 6.26. The molecule has 1 aromatic heterocycles. The maximum absolute atomic E-state index is 12.8. The number of imide groups is 1. The Hall–Kier alpha value is -2.47. The van der Waals surface area contributed by atoms with Crippen molar-refractivity contribution < 1.29 is 9.59 Å². The van der Waals surface area contributed by atoms with Crippen molar-refractivity contribution in [1.29, 1.82) is 0 Å². The summed E-state index contributed by atoms with van der Waals surface area (Å²) in [7, 11) is 0. The van der Waals surface area contributed by atoms with Gasteiger partial charge in [0.05, 0.1) is 24.1 Å². The predicted octanol–water partition coefficient (Wildman–Crippen LogP) is 1.91. The van der Waals surface area contributed by atoms with Crippen LogP contribution in [-0.4, -0.2) is 44.9 Å². The van der Waals surface area contributed by atoms with E-state index in [0.717, 1.165) is 30.6 Å². The number of nitrogens with zero attached hydrogens (tertiary/aromatic N) is 3. The van der Waals surface area contributed by atoms with Gasteiger partial charge in [-0.1, -0.05) is 30.3 Å². The summed E-state index contributed by atoms with van der Waals surface area (Å²) in [6.07, 6.45) is 4.61. The van der Waals surface area contributed by atoms with Gasteiger partial charge in [0.1, 0.15) is 0 Å². The van der Waals surface area contributed by atoms with Crippen molar-refractivity contribution in [1.82, 2.24) is 20.0 Å². The fourth-order valence-corrected chi connectivity index (χ4v) is 4.84. The first-order chi connectivity index (χ1) is 13.2. The summed E-state index contributed by atoms with van der Waals surface area (Å²) >= 11 is 0. The molecule has 0 bridgehead atoms. The Kier molecular flexibility index (Phi) is 4.08. The van der Waals surface area contributed by atoms with Crippen LogP contribution in [0.4, 0.5) is 0 Å². The highest BCUT2D eigenvalue weighted by Gasteiger charge is 2.52. The first-order valence-corrected chi connectivity index (χ1v) is 9.87. The first kappa shape index (κ1) is 16.7. The lowest BCUT2D eigenvalue weighted by Crippen LogP contribution is -2.35. The van der Waals surface area contributed by atoms with Gasteiger partial charge in [-0.2, -0.15) is 5.10 Å². The number of carbonyl (C=O) groups is 2. The number of carbonyl (C=O) groups excluding carboxylic acids is 2. The lowest BCUT2D eigenvalue weighted by atomic mass is 9.96. The number of fused-ring (bicyclic) bond motifs is 2. The van der Waals surface area contributed by atoms with Gasteiger partial charge in [0.2, 0.25) is 11.8 Å². The van der Waals surface area contributed by atoms with E-state index in [1.165, 1.54) is 29.0 Å². The number of likely N-dealkylation sites (tertiary alicyclic amines) is 2. The lowest BCUT2D eigenvalue weighted by Gasteiger charge is -2.21. The fourth-order valence-electron chi connectivity index (χ4n) is 4.84. The van der Waals surface area contributed by atoms with Gasteiger partial charge < -0.3 is 0 Å². The molecule has 3 aliphatic rings. The Bertz CT molecular complexity index is 852. The molecule has 2 amide bonds. The molecule has 5 rings (SSSR count). The number of amides is 2. The number of hydrogen-bond donors (Lipinski definition) is 1. The van der Waals surface area contributed by atoms with E-state index in [1.54, 1.807) is 0 Å². The summed E-state index contributed by atoms with van der Waals surface area (Å²) in [6, 6.07) is 9.74. The van der Waals surface area contributed by atoms with Crippen LogP contribution in [0, 0.1) is 11.8 Å². The van der Waals surface area contributed by atoms with Crippen molar-refractivity contribution >= 4 is 11.8 Å². The van der Waals surface area contributed by atoms with Gasteiger partial charge in [-0.15, -0.1) is 0 Å². The van der Waals surface area contributed by atoms with E-state index in [4.69, 9.17) is 0 Å². The molecule has 2 atom stereocenters. The van der Waals surface area contributed by atoms with E-state index in [0.29, 0.717) is 19.6 Å². The second kappa shape index (κ2) is 6.60. The van der Waals surface area contributed by atoms with Crippen LogP contribution >= 0.6 is 0 Å². The Balaban J connectivity index is 1.27. The van der Waals surface area contributed by atoms with Crippen molar-refractivity contribution in [3.05, 3.63) is 52.8 Å². The quantitative estimate of drug-likeness (QED) is 0.842. The smallest absolute Gasteiger partial charge is 0.234 e. The summed E-state index contributed by atoms with van der Waals surface area (Å²) in [5.74, 6) is -0.423. The summed E-state index contributed by atoms with van der Waals surface area (Å²) < 4.78 is 0. The van der Waals surface area contributed by atoms with Crippen LogP contribution in [0.2, 0.25) is 0 Å². The van der Waals surface area contributed by atoms with Gasteiger partial charge in [-0.05, 0) is 36.8 Å². The first-order valence-electron chi connectivity index (χ1n) is 9.87. The van der Waals surface area contributed by atoms with Crippen LogP contribution in [0.1, 0.15) is 35.4 Å². The van der Waals surface area contributed by atoms with Crippen molar-refractivity contribution in [2.24, 2.45) is 11.8 Å². The Morgan fingerprint density at radius 2 is 1.67 bits per heavy atom. The second-order valence-corrected chi connectivity index (χ2v) is 7.99. The molecule has 2 fully saturated rings. The Morgan fingerprint density at radius 3 is 2.41 bits per heavy atom. The fraction of sp³-hybridized carbons (Fsp3) is 0.476. The summed E-state index contributed by atoms with van der Waals surface area (Å²) in [5.41, 5.74) is 4.74. The average molecular weight is 364 g/mol. The van der Waals surface area contributed by atoms with Gasteiger partial charge in [0, 0.05) is 25.3 Å². The summed E-state index contributed by atoms with van der Waals surface area (Å²) in [6.45, 7) is 2.43. The molecule has 0 spiro atoms. The molecule has 6 nitrogen and oxygen atoms in total. The molecule has 6 heteroatoms. The number of aryl methyl sites for hydroxylation is 1. The second-order valence-electron chi connectivity index (χ2n) is 7.99. The molecule has 0 radical (unpaired) electrons. The van der Waals surface area contributed by atoms with E-state index in [2.05, 4.69) is 15.1 Å². The minimum Gasteiger partial charge on any atom is -0.296 e. The largest absolute Gasteiger partial charge is 0.296 e. The highest BCUT2D eigenvalue weighted by atomic mass is 16.2. The lowest BCUT2D eigenvalue weighted by molar-refractivity contribution is -0.141. The number of nitrogens with one attached hydrogen (secondary N) is 1. The van der Waals surface area contributed by atoms with E-state index in [9.17, 15) is 9.59 Å². The molecule has 0 saturated carbocycles. The SMILES string of the molecule is O=C1C2CN(Cc3n[nH]c4c3CCCC4)CC2C(=O)N1Cc1ccccc1. The van der Waals surface area contributed by atoms with E-state index < -0.39 is 0 Å². The van der Waals surface area contributed by atoms with Gasteiger partial charge in [-0.25, -0.2) is 0 Å². The molecular weight excluding hydrogens is 340 g/mol. The molecule has 1 N–H and O–H groups in total. The topological polar surface area (TPSA) is 69.3 Å². The number of benzene rings is 1.